The lowest BCUT2D eigenvalue weighted by Gasteiger charge is -2.21. The topological polar surface area (TPSA) is 58.0 Å². The highest BCUT2D eigenvalue weighted by molar-refractivity contribution is 5.28. The van der Waals surface area contributed by atoms with E-state index < -0.39 is 6.10 Å². The van der Waals surface area contributed by atoms with Crippen LogP contribution in [0.5, 0.6) is 0 Å². The van der Waals surface area contributed by atoms with Gasteiger partial charge in [0.15, 0.2) is 0 Å². The molecule has 3 aromatic rings. The monoisotopic (exact) mass is 323 g/mol. The molecule has 2 atom stereocenters. The van der Waals surface area contributed by atoms with Crippen LogP contribution in [-0.4, -0.2) is 21.6 Å². The van der Waals surface area contributed by atoms with Crippen LogP contribution in [0.3, 0.4) is 0 Å². The third-order valence-corrected chi connectivity index (χ3v) is 3.79. The molecule has 0 saturated heterocycles. The average Bonchev–Trinajstić information content (AvgIpc) is 2.65. The van der Waals surface area contributed by atoms with E-state index in [0.717, 1.165) is 11.1 Å². The minimum absolute atomic E-state index is 0.233. The Labute approximate surface area is 140 Å². The van der Waals surface area contributed by atoms with Crippen LogP contribution < -0.4 is 5.32 Å². The SMILES string of the molecule is O[C@@H](CN[C@H](c1ccccc1)c1ccc(F)cn1)c1ccncc1. The first kappa shape index (κ1) is 16.2. The molecule has 2 heterocycles. The van der Waals surface area contributed by atoms with E-state index in [4.69, 9.17) is 0 Å². The van der Waals surface area contributed by atoms with Crippen molar-refractivity contribution in [2.24, 2.45) is 0 Å². The fourth-order valence-corrected chi connectivity index (χ4v) is 2.53. The number of halogens is 1. The van der Waals surface area contributed by atoms with Crippen LogP contribution in [0, 0.1) is 5.82 Å². The Morgan fingerprint density at radius 3 is 2.38 bits per heavy atom. The molecule has 4 nitrogen and oxygen atoms in total. The summed E-state index contributed by atoms with van der Waals surface area (Å²) in [6.07, 6.45) is 3.83. The second kappa shape index (κ2) is 7.77. The minimum Gasteiger partial charge on any atom is -0.387 e. The Kier molecular flexibility index (Phi) is 5.25. The van der Waals surface area contributed by atoms with E-state index in [9.17, 15) is 9.50 Å². The molecule has 0 aliphatic heterocycles. The van der Waals surface area contributed by atoms with E-state index in [2.05, 4.69) is 15.3 Å². The van der Waals surface area contributed by atoms with Gasteiger partial charge in [0.1, 0.15) is 5.82 Å². The van der Waals surface area contributed by atoms with Gasteiger partial charge in [0, 0.05) is 18.9 Å². The van der Waals surface area contributed by atoms with E-state index in [1.54, 1.807) is 30.6 Å². The van der Waals surface area contributed by atoms with Gasteiger partial charge in [-0.25, -0.2) is 4.39 Å². The van der Waals surface area contributed by atoms with E-state index in [1.807, 2.05) is 30.3 Å². The summed E-state index contributed by atoms with van der Waals surface area (Å²) in [7, 11) is 0. The van der Waals surface area contributed by atoms with Gasteiger partial charge in [-0.1, -0.05) is 30.3 Å². The van der Waals surface area contributed by atoms with Crippen molar-refractivity contribution in [3.63, 3.8) is 0 Å². The fourth-order valence-electron chi connectivity index (χ4n) is 2.53. The molecule has 0 radical (unpaired) electrons. The first-order valence-corrected chi connectivity index (χ1v) is 7.72. The number of benzene rings is 1. The Morgan fingerprint density at radius 1 is 0.958 bits per heavy atom. The number of hydrogen-bond acceptors (Lipinski definition) is 4. The zero-order chi connectivity index (χ0) is 16.8. The smallest absolute Gasteiger partial charge is 0.141 e. The average molecular weight is 323 g/mol. The number of aromatic nitrogens is 2. The molecule has 0 saturated carbocycles. The van der Waals surface area contributed by atoms with Gasteiger partial charge >= 0.3 is 0 Å². The van der Waals surface area contributed by atoms with Gasteiger partial charge in [0.25, 0.3) is 0 Å². The Hall–Kier alpha value is -2.63. The molecular formula is C19H18FN3O. The zero-order valence-corrected chi connectivity index (χ0v) is 13.0. The summed E-state index contributed by atoms with van der Waals surface area (Å²) in [5.41, 5.74) is 2.49. The number of aliphatic hydroxyl groups excluding tert-OH is 1. The minimum atomic E-state index is -0.667. The molecule has 2 N–H and O–H groups in total. The van der Waals surface area contributed by atoms with Crippen molar-refractivity contribution in [3.05, 3.63) is 95.8 Å². The zero-order valence-electron chi connectivity index (χ0n) is 13.0. The van der Waals surface area contributed by atoms with Crippen LogP contribution in [0.1, 0.15) is 29.0 Å². The van der Waals surface area contributed by atoms with Gasteiger partial charge in [-0.2, -0.15) is 0 Å². The molecular weight excluding hydrogens is 305 g/mol. The lowest BCUT2D eigenvalue weighted by Crippen LogP contribution is -2.28. The molecule has 0 fully saturated rings. The predicted octanol–water partition coefficient (Wildman–Crippen LogP) is 3.03. The normalized spacial score (nSPS) is 13.4. The van der Waals surface area contributed by atoms with Crippen molar-refractivity contribution in [3.8, 4) is 0 Å². The third kappa shape index (κ3) is 4.01. The van der Waals surface area contributed by atoms with Gasteiger partial charge in [-0.3, -0.25) is 9.97 Å². The molecule has 0 aliphatic carbocycles. The van der Waals surface area contributed by atoms with E-state index in [1.165, 1.54) is 12.3 Å². The van der Waals surface area contributed by atoms with Gasteiger partial charge in [0.05, 0.1) is 24.0 Å². The first-order chi connectivity index (χ1) is 11.7. The molecule has 2 aromatic heterocycles. The first-order valence-electron chi connectivity index (χ1n) is 7.72. The Balaban J connectivity index is 1.79. The van der Waals surface area contributed by atoms with Gasteiger partial charge in [-0.15, -0.1) is 0 Å². The van der Waals surface area contributed by atoms with Crippen LogP contribution >= 0.6 is 0 Å². The van der Waals surface area contributed by atoms with Crippen molar-refractivity contribution in [2.45, 2.75) is 12.1 Å². The molecule has 0 amide bonds. The van der Waals surface area contributed by atoms with Crippen molar-refractivity contribution >= 4 is 0 Å². The van der Waals surface area contributed by atoms with Crippen LogP contribution in [0.15, 0.2) is 73.2 Å². The van der Waals surface area contributed by atoms with Crippen molar-refractivity contribution < 1.29 is 9.50 Å². The summed E-state index contributed by atoms with van der Waals surface area (Å²) < 4.78 is 13.2. The molecule has 0 spiro atoms. The van der Waals surface area contributed by atoms with Crippen LogP contribution in [0.4, 0.5) is 4.39 Å². The molecule has 24 heavy (non-hydrogen) atoms. The second-order valence-corrected chi connectivity index (χ2v) is 5.45. The van der Waals surface area contributed by atoms with Crippen molar-refractivity contribution in [1.82, 2.24) is 15.3 Å². The summed E-state index contributed by atoms with van der Waals surface area (Å²) in [4.78, 5) is 8.13. The summed E-state index contributed by atoms with van der Waals surface area (Å²) >= 11 is 0. The number of nitrogens with zero attached hydrogens (tertiary/aromatic N) is 2. The van der Waals surface area contributed by atoms with E-state index in [-0.39, 0.29) is 11.9 Å². The molecule has 0 aliphatic rings. The molecule has 3 rings (SSSR count). The number of rotatable bonds is 6. The van der Waals surface area contributed by atoms with Crippen LogP contribution in [0.25, 0.3) is 0 Å². The lowest BCUT2D eigenvalue weighted by molar-refractivity contribution is 0.171. The van der Waals surface area contributed by atoms with Crippen LogP contribution in [0.2, 0.25) is 0 Å². The predicted molar refractivity (Wildman–Crippen MR) is 89.7 cm³/mol. The quantitative estimate of drug-likeness (QED) is 0.732. The summed E-state index contributed by atoms with van der Waals surface area (Å²) in [6, 6.07) is 16.1. The summed E-state index contributed by atoms with van der Waals surface area (Å²) in [5, 5.41) is 13.7. The fraction of sp³-hybridized carbons (Fsp3) is 0.158. The van der Waals surface area contributed by atoms with Gasteiger partial charge in [0.2, 0.25) is 0 Å². The maximum Gasteiger partial charge on any atom is 0.141 e. The van der Waals surface area contributed by atoms with Crippen LogP contribution in [-0.2, 0) is 0 Å². The van der Waals surface area contributed by atoms with E-state index >= 15 is 0 Å². The lowest BCUT2D eigenvalue weighted by atomic mass is 10.0. The highest BCUT2D eigenvalue weighted by atomic mass is 19.1. The molecule has 1 aromatic carbocycles. The Morgan fingerprint density at radius 2 is 1.71 bits per heavy atom. The maximum atomic E-state index is 13.2. The molecule has 5 heteroatoms. The number of aliphatic hydroxyl groups is 1. The number of pyridine rings is 2. The Bertz CT molecular complexity index is 751. The largest absolute Gasteiger partial charge is 0.387 e. The highest BCUT2D eigenvalue weighted by Gasteiger charge is 2.17. The van der Waals surface area contributed by atoms with Gasteiger partial charge < -0.3 is 10.4 Å². The highest BCUT2D eigenvalue weighted by Crippen LogP contribution is 2.21. The van der Waals surface area contributed by atoms with Crippen molar-refractivity contribution in [2.75, 3.05) is 6.54 Å². The summed E-state index contributed by atoms with van der Waals surface area (Å²) in [6.45, 7) is 0.336. The molecule has 0 unspecified atom stereocenters. The van der Waals surface area contributed by atoms with Crippen molar-refractivity contribution in [1.29, 1.82) is 0 Å². The third-order valence-electron chi connectivity index (χ3n) is 3.79. The number of hydrogen-bond donors (Lipinski definition) is 2. The second-order valence-electron chi connectivity index (χ2n) is 5.45. The molecule has 122 valence electrons. The molecule has 0 bridgehead atoms. The number of nitrogens with one attached hydrogen (secondary N) is 1. The van der Waals surface area contributed by atoms with E-state index in [0.29, 0.717) is 12.2 Å². The standard InChI is InChI=1S/C19H18FN3O/c20-16-6-7-17(22-12-16)19(15-4-2-1-3-5-15)23-13-18(24)14-8-10-21-11-9-14/h1-12,18-19,23-24H,13H2/t18-,19+/m0/s1. The van der Waals surface area contributed by atoms with Gasteiger partial charge in [-0.05, 0) is 35.4 Å². The summed E-state index contributed by atoms with van der Waals surface area (Å²) in [5.74, 6) is -0.373. The maximum absolute atomic E-state index is 13.2.